The molecule has 1 heterocycles. The van der Waals surface area contributed by atoms with Gasteiger partial charge < -0.3 is 0 Å². The number of benzene rings is 1. The summed E-state index contributed by atoms with van der Waals surface area (Å²) in [6.07, 6.45) is 2.35. The average Bonchev–Trinajstić information content (AvgIpc) is 2.67. The maximum absolute atomic E-state index is 5.78. The van der Waals surface area contributed by atoms with Gasteiger partial charge in [0.2, 0.25) is 0 Å². The first-order valence-electron chi connectivity index (χ1n) is 5.01. The van der Waals surface area contributed by atoms with Crippen LogP contribution >= 0.6 is 0 Å². The summed E-state index contributed by atoms with van der Waals surface area (Å²) in [5, 5.41) is 1.38. The molecule has 0 saturated carbocycles. The van der Waals surface area contributed by atoms with E-state index in [1.54, 1.807) is 0 Å². The molecule has 0 aliphatic heterocycles. The third-order valence-corrected chi connectivity index (χ3v) is 4.89. The van der Waals surface area contributed by atoms with Crippen LogP contribution in [0.15, 0.2) is 28.3 Å². The van der Waals surface area contributed by atoms with Crippen LogP contribution in [0.5, 0.6) is 5.75 Å². The second-order valence-corrected chi connectivity index (χ2v) is 5.91. The van der Waals surface area contributed by atoms with Crippen LogP contribution in [0.25, 0.3) is 8.79 Å². The third-order valence-electron chi connectivity index (χ3n) is 2.20. The van der Waals surface area contributed by atoms with Crippen molar-refractivity contribution in [2.45, 2.75) is 19.8 Å². The third kappa shape index (κ3) is 2.13. The van der Waals surface area contributed by atoms with Crippen LogP contribution < -0.4 is 4.74 Å². The zero-order valence-electron chi connectivity index (χ0n) is 8.32. The second kappa shape index (κ2) is 4.87. The molecule has 1 aromatic heterocycles. The van der Waals surface area contributed by atoms with Gasteiger partial charge in [0.25, 0.3) is 0 Å². The summed E-state index contributed by atoms with van der Waals surface area (Å²) >= 11 is -0.100. The summed E-state index contributed by atoms with van der Waals surface area (Å²) in [7, 11) is 0. The predicted molar refractivity (Wildman–Crippen MR) is 61.3 cm³/mol. The molecule has 14 heavy (non-hydrogen) atoms. The number of unbranched alkanes of at least 4 members (excludes halogenated alkanes) is 1. The van der Waals surface area contributed by atoms with Crippen molar-refractivity contribution in [2.75, 3.05) is 6.61 Å². The Morgan fingerprint density at radius 2 is 2.21 bits per heavy atom. The monoisotopic (exact) mass is 304 g/mol. The molecule has 2 rings (SSSR count). The molecule has 0 spiro atoms. The van der Waals surface area contributed by atoms with E-state index in [-0.39, 0.29) is 20.4 Å². The topological polar surface area (TPSA) is 9.23 Å². The molecule has 0 N–H and O–H groups in total. The molecule has 0 atom stereocenters. The van der Waals surface area contributed by atoms with Gasteiger partial charge in [0.1, 0.15) is 0 Å². The second-order valence-electron chi connectivity index (χ2n) is 3.30. The Labute approximate surface area is 94.3 Å². The van der Waals surface area contributed by atoms with Crippen LogP contribution in [-0.4, -0.2) is 27.0 Å². The Hall–Kier alpha value is -0.450. The van der Waals surface area contributed by atoms with Gasteiger partial charge in [-0.1, -0.05) is 0 Å². The van der Waals surface area contributed by atoms with Crippen LogP contribution in [0.1, 0.15) is 19.8 Å². The first kappa shape index (κ1) is 10.1. The van der Waals surface area contributed by atoms with E-state index in [2.05, 4.69) is 35.3 Å². The van der Waals surface area contributed by atoms with E-state index in [9.17, 15) is 0 Å². The van der Waals surface area contributed by atoms with Gasteiger partial charge in [-0.2, -0.15) is 0 Å². The Morgan fingerprint density at radius 3 is 3.07 bits per heavy atom. The molecule has 0 bridgehead atoms. The minimum absolute atomic E-state index is 0.100. The molecule has 1 aromatic carbocycles. The van der Waals surface area contributed by atoms with E-state index in [1.807, 2.05) is 0 Å². The van der Waals surface area contributed by atoms with Crippen LogP contribution in [0, 0.1) is 0 Å². The molecule has 0 aliphatic carbocycles. The molecule has 0 fully saturated rings. The van der Waals surface area contributed by atoms with Crippen LogP contribution in [0.3, 0.4) is 0 Å². The Bertz CT molecular complexity index is 405. The first-order valence-corrected chi connectivity index (χ1v) is 7.52. The van der Waals surface area contributed by atoms with Crippen molar-refractivity contribution in [3.63, 3.8) is 0 Å². The van der Waals surface area contributed by atoms with Crippen LogP contribution in [0.2, 0.25) is 0 Å². The van der Waals surface area contributed by atoms with Crippen molar-refractivity contribution < 1.29 is 4.74 Å². The summed E-state index contributed by atoms with van der Waals surface area (Å²) in [6, 6.07) is 8.59. The molecule has 74 valence electrons. The van der Waals surface area contributed by atoms with Crippen molar-refractivity contribution in [2.24, 2.45) is 0 Å². The number of hydrogen-bond donors (Lipinski definition) is 0. The van der Waals surface area contributed by atoms with E-state index in [0.29, 0.717) is 0 Å². The van der Waals surface area contributed by atoms with Gasteiger partial charge in [0.15, 0.2) is 0 Å². The van der Waals surface area contributed by atoms with Gasteiger partial charge in [-0.3, -0.25) is 0 Å². The summed E-state index contributed by atoms with van der Waals surface area (Å²) in [5.74, 6) is 1.13. The van der Waals surface area contributed by atoms with E-state index >= 15 is 0 Å². The molecule has 2 aromatic rings. The van der Waals surface area contributed by atoms with Crippen molar-refractivity contribution >= 4 is 29.2 Å². The van der Waals surface area contributed by atoms with Gasteiger partial charge in [0, 0.05) is 0 Å². The minimum atomic E-state index is -0.100. The molecule has 0 amide bonds. The van der Waals surface area contributed by atoms with Crippen LogP contribution in [0.4, 0.5) is 0 Å². The standard InChI is InChI=1S/C12H14OTe/c1-2-3-8-13-11-6-4-5-10-7-9-14-12(10)11/h4-7,9H,2-3,8H2,1H3. The van der Waals surface area contributed by atoms with Gasteiger partial charge >= 0.3 is 94.4 Å². The van der Waals surface area contributed by atoms with Crippen molar-refractivity contribution in [1.82, 2.24) is 0 Å². The average molecular weight is 302 g/mol. The molecule has 0 radical (unpaired) electrons. The fraction of sp³-hybridized carbons (Fsp3) is 0.333. The molecule has 1 nitrogen and oxygen atoms in total. The number of fused-ring (bicyclic) bond motifs is 1. The van der Waals surface area contributed by atoms with Gasteiger partial charge in [-0.15, -0.1) is 0 Å². The van der Waals surface area contributed by atoms with Crippen molar-refractivity contribution in [1.29, 1.82) is 0 Å². The van der Waals surface area contributed by atoms with Gasteiger partial charge in [0.05, 0.1) is 0 Å². The van der Waals surface area contributed by atoms with E-state index in [0.717, 1.165) is 18.8 Å². The Balaban J connectivity index is 2.19. The quantitative estimate of drug-likeness (QED) is 0.623. The zero-order chi connectivity index (χ0) is 9.80. The normalized spacial score (nSPS) is 10.6. The van der Waals surface area contributed by atoms with Crippen LogP contribution in [-0.2, 0) is 0 Å². The SMILES string of the molecule is CCCCOc1cccc2cc[te]c12. The number of ether oxygens (including phenoxy) is 1. The summed E-state index contributed by atoms with van der Waals surface area (Å²) < 4.78 is 9.58. The fourth-order valence-corrected chi connectivity index (χ4v) is 3.88. The summed E-state index contributed by atoms with van der Waals surface area (Å²) in [6.45, 7) is 3.05. The molecular weight excluding hydrogens is 288 g/mol. The molecule has 0 saturated heterocycles. The van der Waals surface area contributed by atoms with E-state index in [1.165, 1.54) is 15.2 Å². The first-order chi connectivity index (χ1) is 6.92. The fourth-order valence-electron chi connectivity index (χ4n) is 1.41. The van der Waals surface area contributed by atoms with E-state index < -0.39 is 0 Å². The summed E-state index contributed by atoms with van der Waals surface area (Å²) in [5.41, 5.74) is 0. The molecule has 0 unspecified atom stereocenters. The number of rotatable bonds is 4. The molecular formula is C12H14OTe. The molecule has 2 heteroatoms. The Morgan fingerprint density at radius 1 is 1.29 bits per heavy atom. The maximum atomic E-state index is 5.78. The van der Waals surface area contributed by atoms with Crippen molar-refractivity contribution in [3.8, 4) is 5.75 Å². The summed E-state index contributed by atoms with van der Waals surface area (Å²) in [4.78, 5) is 0. The Kier molecular flexibility index (Phi) is 3.50. The van der Waals surface area contributed by atoms with Crippen molar-refractivity contribution in [3.05, 3.63) is 28.3 Å². The zero-order valence-corrected chi connectivity index (χ0v) is 10.7. The van der Waals surface area contributed by atoms with E-state index in [4.69, 9.17) is 4.74 Å². The predicted octanol–water partition coefficient (Wildman–Crippen LogP) is 3.08. The number of hydrogen-bond acceptors (Lipinski definition) is 1. The van der Waals surface area contributed by atoms with Gasteiger partial charge in [-0.25, -0.2) is 0 Å². The molecule has 0 aliphatic rings. The van der Waals surface area contributed by atoms with Gasteiger partial charge in [-0.05, 0) is 0 Å².